The lowest BCUT2D eigenvalue weighted by Crippen LogP contribution is -2.26. The zero-order chi connectivity index (χ0) is 13.0. The van der Waals surface area contributed by atoms with Gasteiger partial charge in [0, 0.05) is 11.6 Å². The van der Waals surface area contributed by atoms with Gasteiger partial charge in [-0.25, -0.2) is 0 Å². The van der Waals surface area contributed by atoms with Crippen molar-refractivity contribution in [2.75, 3.05) is 6.61 Å². The van der Waals surface area contributed by atoms with Crippen LogP contribution in [0.2, 0.25) is 0 Å². The molecule has 0 unspecified atom stereocenters. The van der Waals surface area contributed by atoms with Crippen LogP contribution in [0.15, 0.2) is 17.1 Å². The van der Waals surface area contributed by atoms with Crippen molar-refractivity contribution in [2.45, 2.75) is 20.4 Å². The molecule has 0 bridgehead atoms. The maximum atomic E-state index is 11.6. The van der Waals surface area contributed by atoms with E-state index in [2.05, 4.69) is 4.74 Å². The van der Waals surface area contributed by atoms with Crippen molar-refractivity contribution in [1.82, 2.24) is 4.57 Å². The Morgan fingerprint density at radius 3 is 2.76 bits per heavy atom. The number of aryl methyl sites for hydroxylation is 1. The summed E-state index contributed by atoms with van der Waals surface area (Å²) in [6.07, 6.45) is 1.03. The predicted molar refractivity (Wildman–Crippen MR) is 58.7 cm³/mol. The highest BCUT2D eigenvalue weighted by Gasteiger charge is 2.13. The number of nitrogens with zero attached hydrogens (tertiary/aromatic N) is 2. The van der Waals surface area contributed by atoms with E-state index in [0.29, 0.717) is 0 Å². The van der Waals surface area contributed by atoms with E-state index < -0.39 is 16.5 Å². The Morgan fingerprint density at radius 2 is 2.24 bits per heavy atom. The summed E-state index contributed by atoms with van der Waals surface area (Å²) in [5.41, 5.74) is -0.460. The molecule has 0 saturated heterocycles. The van der Waals surface area contributed by atoms with Crippen LogP contribution >= 0.6 is 0 Å². The second-order valence-electron chi connectivity index (χ2n) is 3.38. The highest BCUT2D eigenvalue weighted by atomic mass is 16.6. The molecule has 0 aliphatic rings. The van der Waals surface area contributed by atoms with E-state index in [-0.39, 0.29) is 24.4 Å². The van der Waals surface area contributed by atoms with Gasteiger partial charge in [0.15, 0.2) is 0 Å². The minimum Gasteiger partial charge on any atom is -0.465 e. The van der Waals surface area contributed by atoms with Gasteiger partial charge in [-0.05, 0) is 13.8 Å². The number of pyridine rings is 1. The summed E-state index contributed by atoms with van der Waals surface area (Å²) in [6.45, 7) is 2.97. The molecule has 0 fully saturated rings. The molecule has 0 atom stereocenters. The summed E-state index contributed by atoms with van der Waals surface area (Å²) in [4.78, 5) is 32.8. The molecule has 0 radical (unpaired) electrons. The van der Waals surface area contributed by atoms with Gasteiger partial charge in [0.2, 0.25) is 0 Å². The van der Waals surface area contributed by atoms with E-state index in [4.69, 9.17) is 0 Å². The summed E-state index contributed by atoms with van der Waals surface area (Å²) in [6, 6.07) is 1.17. The Labute approximate surface area is 96.8 Å². The van der Waals surface area contributed by atoms with Crippen LogP contribution in [0.1, 0.15) is 12.5 Å². The van der Waals surface area contributed by atoms with E-state index in [1.54, 1.807) is 6.92 Å². The van der Waals surface area contributed by atoms with Crippen LogP contribution in [-0.2, 0) is 16.1 Å². The van der Waals surface area contributed by atoms with Gasteiger partial charge in [-0.3, -0.25) is 24.3 Å². The van der Waals surface area contributed by atoms with Crippen molar-refractivity contribution in [2.24, 2.45) is 0 Å². The van der Waals surface area contributed by atoms with Gasteiger partial charge in [-0.1, -0.05) is 0 Å². The molecule has 0 aliphatic carbocycles. The largest absolute Gasteiger partial charge is 0.465 e. The van der Waals surface area contributed by atoms with Crippen LogP contribution in [-0.4, -0.2) is 22.1 Å². The second-order valence-corrected chi connectivity index (χ2v) is 3.38. The fourth-order valence-corrected chi connectivity index (χ4v) is 1.33. The fourth-order valence-electron chi connectivity index (χ4n) is 1.33. The lowest BCUT2D eigenvalue weighted by atomic mass is 10.3. The molecule has 7 nitrogen and oxygen atoms in total. The quantitative estimate of drug-likeness (QED) is 0.437. The Bertz CT molecular complexity index is 506. The number of aromatic nitrogens is 1. The molecule has 0 N–H and O–H groups in total. The molecule has 0 saturated carbocycles. The maximum Gasteiger partial charge on any atom is 0.326 e. The third-order valence-electron chi connectivity index (χ3n) is 2.07. The monoisotopic (exact) mass is 240 g/mol. The summed E-state index contributed by atoms with van der Waals surface area (Å²) in [7, 11) is 0. The third-order valence-corrected chi connectivity index (χ3v) is 2.07. The van der Waals surface area contributed by atoms with E-state index in [0.717, 1.165) is 10.8 Å². The zero-order valence-electron chi connectivity index (χ0n) is 9.50. The highest BCUT2D eigenvalue weighted by Crippen LogP contribution is 2.09. The first-order chi connectivity index (χ1) is 7.95. The molecular weight excluding hydrogens is 228 g/mol. The molecule has 0 amide bonds. The van der Waals surface area contributed by atoms with Gasteiger partial charge in [0.05, 0.1) is 17.7 Å². The number of nitro groups is 1. The van der Waals surface area contributed by atoms with Gasteiger partial charge in [-0.2, -0.15) is 0 Å². The van der Waals surface area contributed by atoms with Crippen LogP contribution in [0, 0.1) is 17.0 Å². The molecule has 7 heteroatoms. The van der Waals surface area contributed by atoms with Crippen molar-refractivity contribution < 1.29 is 14.5 Å². The Morgan fingerprint density at radius 1 is 1.59 bits per heavy atom. The normalized spacial score (nSPS) is 10.0. The molecule has 1 aromatic rings. The third kappa shape index (κ3) is 3.13. The maximum absolute atomic E-state index is 11.6. The first kappa shape index (κ1) is 12.9. The topological polar surface area (TPSA) is 91.4 Å². The first-order valence-corrected chi connectivity index (χ1v) is 4.96. The van der Waals surface area contributed by atoms with Crippen LogP contribution in [0.3, 0.4) is 0 Å². The van der Waals surface area contributed by atoms with Gasteiger partial charge >= 0.3 is 5.97 Å². The second kappa shape index (κ2) is 5.24. The van der Waals surface area contributed by atoms with E-state index >= 15 is 0 Å². The zero-order valence-corrected chi connectivity index (χ0v) is 9.50. The van der Waals surface area contributed by atoms with E-state index in [9.17, 15) is 19.7 Å². The number of esters is 1. The van der Waals surface area contributed by atoms with Crippen molar-refractivity contribution in [3.8, 4) is 0 Å². The average Bonchev–Trinajstić information content (AvgIpc) is 2.24. The smallest absolute Gasteiger partial charge is 0.326 e. The van der Waals surface area contributed by atoms with Gasteiger partial charge in [0.25, 0.3) is 11.2 Å². The van der Waals surface area contributed by atoms with Crippen LogP contribution in [0.4, 0.5) is 5.69 Å². The fraction of sp³-hybridized carbons (Fsp3) is 0.400. The SMILES string of the molecule is CCOC(=O)Cn1cc([N+](=O)[O-])cc(C)c1=O. The summed E-state index contributed by atoms with van der Waals surface area (Å²) in [5.74, 6) is -0.602. The summed E-state index contributed by atoms with van der Waals surface area (Å²) >= 11 is 0. The number of ether oxygens (including phenoxy) is 1. The van der Waals surface area contributed by atoms with Crippen molar-refractivity contribution >= 4 is 11.7 Å². The average molecular weight is 240 g/mol. The number of carbonyl (C=O) groups excluding carboxylic acids is 1. The van der Waals surface area contributed by atoms with E-state index in [1.165, 1.54) is 13.0 Å². The minimum absolute atomic E-state index is 0.196. The first-order valence-electron chi connectivity index (χ1n) is 4.96. The van der Waals surface area contributed by atoms with Crippen LogP contribution in [0.25, 0.3) is 0 Å². The van der Waals surface area contributed by atoms with Crippen LogP contribution in [0.5, 0.6) is 0 Å². The van der Waals surface area contributed by atoms with Gasteiger partial charge in [0.1, 0.15) is 6.54 Å². The predicted octanol–water partition coefficient (Wildman–Crippen LogP) is 0.628. The number of rotatable bonds is 4. The van der Waals surface area contributed by atoms with Crippen LogP contribution < -0.4 is 5.56 Å². The van der Waals surface area contributed by atoms with Crippen molar-refractivity contribution in [3.05, 3.63) is 38.3 Å². The Balaban J connectivity index is 3.10. The number of hydrogen-bond acceptors (Lipinski definition) is 5. The van der Waals surface area contributed by atoms with Gasteiger partial charge in [-0.15, -0.1) is 0 Å². The van der Waals surface area contributed by atoms with Gasteiger partial charge < -0.3 is 4.74 Å². The minimum atomic E-state index is -0.617. The lowest BCUT2D eigenvalue weighted by Gasteiger charge is -2.06. The standard InChI is InChI=1S/C10H12N2O5/c1-3-17-9(13)6-11-5-8(12(15)16)4-7(2)10(11)14/h4-5H,3,6H2,1-2H3. The molecule has 0 aliphatic heterocycles. The summed E-state index contributed by atoms with van der Waals surface area (Å²) in [5, 5.41) is 10.6. The molecule has 17 heavy (non-hydrogen) atoms. The van der Waals surface area contributed by atoms with E-state index in [1.807, 2.05) is 0 Å². The molecule has 1 rings (SSSR count). The Kier molecular flexibility index (Phi) is 3.97. The highest BCUT2D eigenvalue weighted by molar-refractivity contribution is 5.69. The lowest BCUT2D eigenvalue weighted by molar-refractivity contribution is -0.385. The molecule has 0 spiro atoms. The molecular formula is C10H12N2O5. The van der Waals surface area contributed by atoms with Crippen molar-refractivity contribution in [3.63, 3.8) is 0 Å². The molecule has 92 valence electrons. The molecule has 1 aromatic heterocycles. The molecule has 1 heterocycles. The van der Waals surface area contributed by atoms with Crippen molar-refractivity contribution in [1.29, 1.82) is 0 Å². The number of hydrogen-bond donors (Lipinski definition) is 0. The Hall–Kier alpha value is -2.18. The molecule has 0 aromatic carbocycles. The number of carbonyl (C=O) groups is 1. The summed E-state index contributed by atoms with van der Waals surface area (Å²) < 4.78 is 5.65.